The highest BCUT2D eigenvalue weighted by Crippen LogP contribution is 2.20. The summed E-state index contributed by atoms with van der Waals surface area (Å²) in [6.45, 7) is 2.50. The van der Waals surface area contributed by atoms with E-state index in [1.54, 1.807) is 0 Å². The van der Waals surface area contributed by atoms with Crippen LogP contribution in [0.5, 0.6) is 0 Å². The van der Waals surface area contributed by atoms with Gasteiger partial charge in [-0.2, -0.15) is 8.61 Å². The van der Waals surface area contributed by atoms with Gasteiger partial charge < -0.3 is 4.90 Å². The molecule has 30 heavy (non-hydrogen) atoms. The van der Waals surface area contributed by atoms with Gasteiger partial charge in [-0.15, -0.1) is 0 Å². The van der Waals surface area contributed by atoms with Crippen LogP contribution in [0.1, 0.15) is 11.3 Å². The summed E-state index contributed by atoms with van der Waals surface area (Å²) in [4.78, 5) is 19.0. The SMILES string of the molecule is CN1CCN(S(=O)(=O)c2ccc(-n3[nH]c4c(c3=O)CCN(S(C)(=O)=O)C4)nc2)CC1. The molecular formula is C17H24N6O5S2. The number of piperazine rings is 1. The van der Waals surface area contributed by atoms with E-state index in [4.69, 9.17) is 0 Å². The third kappa shape index (κ3) is 3.83. The fourth-order valence-corrected chi connectivity index (χ4v) is 5.83. The van der Waals surface area contributed by atoms with Crippen LogP contribution in [0.15, 0.2) is 28.0 Å². The molecule has 0 atom stereocenters. The van der Waals surface area contributed by atoms with Gasteiger partial charge in [-0.25, -0.2) is 26.5 Å². The van der Waals surface area contributed by atoms with E-state index >= 15 is 0 Å². The van der Waals surface area contributed by atoms with Gasteiger partial charge in [0, 0.05) is 44.5 Å². The lowest BCUT2D eigenvalue weighted by molar-refractivity contribution is 0.222. The maximum Gasteiger partial charge on any atom is 0.276 e. The molecule has 1 saturated heterocycles. The highest BCUT2D eigenvalue weighted by molar-refractivity contribution is 7.89. The number of fused-ring (bicyclic) bond motifs is 1. The number of aromatic amines is 1. The number of nitrogens with zero attached hydrogens (tertiary/aromatic N) is 5. The Kier molecular flexibility index (Phi) is 5.34. The molecule has 2 aliphatic rings. The molecular weight excluding hydrogens is 432 g/mol. The minimum atomic E-state index is -3.65. The molecule has 0 saturated carbocycles. The Hall–Kier alpha value is -2.06. The Bertz CT molecular complexity index is 1210. The van der Waals surface area contributed by atoms with Crippen LogP contribution < -0.4 is 5.56 Å². The zero-order valence-electron chi connectivity index (χ0n) is 16.8. The number of pyridine rings is 1. The van der Waals surface area contributed by atoms with E-state index in [-0.39, 0.29) is 29.4 Å². The predicted octanol–water partition coefficient (Wildman–Crippen LogP) is -1.19. The summed E-state index contributed by atoms with van der Waals surface area (Å²) in [5.41, 5.74) is 0.735. The Morgan fingerprint density at radius 1 is 1.00 bits per heavy atom. The molecule has 0 aromatic carbocycles. The first-order chi connectivity index (χ1) is 14.1. The Labute approximate surface area is 175 Å². The van der Waals surface area contributed by atoms with Crippen LogP contribution in [0.3, 0.4) is 0 Å². The van der Waals surface area contributed by atoms with Crippen LogP contribution in [0.25, 0.3) is 5.82 Å². The number of rotatable bonds is 4. The lowest BCUT2D eigenvalue weighted by atomic mass is 10.1. The van der Waals surface area contributed by atoms with Gasteiger partial charge in [0.2, 0.25) is 20.0 Å². The van der Waals surface area contributed by atoms with Gasteiger partial charge in [0.05, 0.1) is 18.5 Å². The minimum Gasteiger partial charge on any atom is -0.304 e. The highest BCUT2D eigenvalue weighted by Gasteiger charge is 2.29. The molecule has 1 fully saturated rings. The smallest absolute Gasteiger partial charge is 0.276 e. The number of aromatic nitrogens is 3. The van der Waals surface area contributed by atoms with Gasteiger partial charge in [0.1, 0.15) is 4.90 Å². The standard InChI is InChI=1S/C17H24N6O5S2/c1-20-7-9-21(10-8-20)30(27,28)13-3-4-16(18-11-13)23-17(24)14-5-6-22(29(2,25)26)12-15(14)19-23/h3-4,11,19H,5-10,12H2,1-2H3. The molecule has 4 rings (SSSR count). The predicted molar refractivity (Wildman–Crippen MR) is 109 cm³/mol. The van der Waals surface area contributed by atoms with Crippen LogP contribution in [0, 0.1) is 0 Å². The second-order valence-electron chi connectivity index (χ2n) is 7.62. The molecule has 11 nitrogen and oxygen atoms in total. The maximum atomic E-state index is 12.8. The van der Waals surface area contributed by atoms with Crippen molar-refractivity contribution in [2.24, 2.45) is 0 Å². The monoisotopic (exact) mass is 456 g/mol. The summed E-state index contributed by atoms with van der Waals surface area (Å²) < 4.78 is 53.2. The Morgan fingerprint density at radius 3 is 2.30 bits per heavy atom. The number of nitrogens with one attached hydrogen (secondary N) is 1. The molecule has 2 aromatic heterocycles. The lowest BCUT2D eigenvalue weighted by Crippen LogP contribution is -2.47. The summed E-state index contributed by atoms with van der Waals surface area (Å²) in [5.74, 6) is 0.248. The van der Waals surface area contributed by atoms with E-state index in [1.165, 1.54) is 31.6 Å². The summed E-state index contributed by atoms with van der Waals surface area (Å²) in [7, 11) is -5.06. The van der Waals surface area contributed by atoms with Crippen molar-refractivity contribution in [1.82, 2.24) is 28.3 Å². The fraction of sp³-hybridized carbons (Fsp3) is 0.529. The number of H-pyrrole nitrogens is 1. The van der Waals surface area contributed by atoms with Gasteiger partial charge >= 0.3 is 0 Å². The van der Waals surface area contributed by atoms with Crippen LogP contribution in [0.4, 0.5) is 0 Å². The first-order valence-corrected chi connectivity index (χ1v) is 12.8. The van der Waals surface area contributed by atoms with E-state index in [0.717, 1.165) is 6.26 Å². The molecule has 4 heterocycles. The molecule has 1 N–H and O–H groups in total. The van der Waals surface area contributed by atoms with E-state index in [9.17, 15) is 21.6 Å². The van der Waals surface area contributed by atoms with Gasteiger partial charge in [-0.1, -0.05) is 0 Å². The third-order valence-corrected chi connectivity index (χ3v) is 8.67. The summed E-state index contributed by atoms with van der Waals surface area (Å²) in [5, 5.41) is 2.92. The Morgan fingerprint density at radius 2 is 1.70 bits per heavy atom. The average Bonchev–Trinajstić information content (AvgIpc) is 3.04. The average molecular weight is 457 g/mol. The zero-order valence-corrected chi connectivity index (χ0v) is 18.4. The summed E-state index contributed by atoms with van der Waals surface area (Å²) in [6, 6.07) is 2.91. The molecule has 0 radical (unpaired) electrons. The number of sulfonamides is 2. The van der Waals surface area contributed by atoms with Crippen molar-refractivity contribution in [2.45, 2.75) is 17.9 Å². The zero-order chi connectivity index (χ0) is 21.7. The number of hydrogen-bond acceptors (Lipinski definition) is 7. The third-order valence-electron chi connectivity index (χ3n) is 5.54. The molecule has 0 amide bonds. The van der Waals surface area contributed by atoms with Crippen molar-refractivity contribution < 1.29 is 16.8 Å². The molecule has 2 aromatic rings. The molecule has 0 bridgehead atoms. The first kappa shape index (κ1) is 21.2. The lowest BCUT2D eigenvalue weighted by Gasteiger charge is -2.31. The quantitative estimate of drug-likeness (QED) is 0.613. The van der Waals surface area contributed by atoms with Gasteiger partial charge in [0.15, 0.2) is 5.82 Å². The normalized spacial score (nSPS) is 19.7. The van der Waals surface area contributed by atoms with Crippen LogP contribution in [0.2, 0.25) is 0 Å². The summed E-state index contributed by atoms with van der Waals surface area (Å²) >= 11 is 0. The van der Waals surface area contributed by atoms with Crippen molar-refractivity contribution in [2.75, 3.05) is 46.0 Å². The van der Waals surface area contributed by atoms with Gasteiger partial charge in [-0.3, -0.25) is 9.89 Å². The van der Waals surface area contributed by atoms with E-state index < -0.39 is 20.0 Å². The molecule has 2 aliphatic heterocycles. The van der Waals surface area contributed by atoms with Crippen molar-refractivity contribution in [3.05, 3.63) is 39.9 Å². The molecule has 0 spiro atoms. The van der Waals surface area contributed by atoms with Gasteiger partial charge in [-0.05, 0) is 25.6 Å². The maximum absolute atomic E-state index is 12.8. The summed E-state index contributed by atoms with van der Waals surface area (Å²) in [6.07, 6.45) is 2.69. The fourth-order valence-electron chi connectivity index (χ4n) is 3.68. The van der Waals surface area contributed by atoms with E-state index in [2.05, 4.69) is 15.0 Å². The topological polar surface area (TPSA) is 129 Å². The molecule has 13 heteroatoms. The van der Waals surface area contributed by atoms with E-state index in [0.29, 0.717) is 43.9 Å². The van der Waals surface area contributed by atoms with Crippen LogP contribution in [-0.4, -0.2) is 91.1 Å². The van der Waals surface area contributed by atoms with Crippen LogP contribution >= 0.6 is 0 Å². The highest BCUT2D eigenvalue weighted by atomic mass is 32.2. The second kappa shape index (κ2) is 7.57. The van der Waals surface area contributed by atoms with Crippen LogP contribution in [-0.2, 0) is 33.0 Å². The van der Waals surface area contributed by atoms with E-state index in [1.807, 2.05) is 7.05 Å². The van der Waals surface area contributed by atoms with Crippen molar-refractivity contribution >= 4 is 20.0 Å². The first-order valence-electron chi connectivity index (χ1n) is 9.50. The number of hydrogen-bond donors (Lipinski definition) is 1. The van der Waals surface area contributed by atoms with Gasteiger partial charge in [0.25, 0.3) is 5.56 Å². The van der Waals surface area contributed by atoms with Crippen molar-refractivity contribution in [3.63, 3.8) is 0 Å². The van der Waals surface area contributed by atoms with Crippen molar-refractivity contribution in [1.29, 1.82) is 0 Å². The molecule has 164 valence electrons. The number of likely N-dealkylation sites (N-methyl/N-ethyl adjacent to an activating group) is 1. The molecule has 0 aliphatic carbocycles. The van der Waals surface area contributed by atoms with Crippen molar-refractivity contribution in [3.8, 4) is 5.82 Å². The largest absolute Gasteiger partial charge is 0.304 e. The second-order valence-corrected chi connectivity index (χ2v) is 11.5. The Balaban J connectivity index is 1.60. The minimum absolute atomic E-state index is 0.0726. The molecule has 0 unspecified atom stereocenters.